The third-order valence-corrected chi connectivity index (χ3v) is 4.69. The predicted molar refractivity (Wildman–Crippen MR) is 98.1 cm³/mol. The maximum Gasteiger partial charge on any atom is 0.230 e. The summed E-state index contributed by atoms with van der Waals surface area (Å²) in [6.45, 7) is 0.628. The van der Waals surface area contributed by atoms with Gasteiger partial charge in [0.25, 0.3) is 0 Å². The second kappa shape index (κ2) is 8.43. The Hall–Kier alpha value is -2.67. The van der Waals surface area contributed by atoms with Crippen LogP contribution >= 0.6 is 11.8 Å². The van der Waals surface area contributed by atoms with Gasteiger partial charge in [-0.1, -0.05) is 42.1 Å². The number of nitrogens with one attached hydrogen (secondary N) is 1. The Morgan fingerprint density at radius 1 is 1.16 bits per heavy atom. The summed E-state index contributed by atoms with van der Waals surface area (Å²) >= 11 is 1.37. The van der Waals surface area contributed by atoms with Gasteiger partial charge in [0.2, 0.25) is 5.91 Å². The second-order valence-corrected chi connectivity index (χ2v) is 6.42. The van der Waals surface area contributed by atoms with Gasteiger partial charge in [-0.2, -0.15) is 0 Å². The highest BCUT2D eigenvalue weighted by atomic mass is 32.2. The number of thioether (sulfide) groups is 1. The maximum atomic E-state index is 12.0. The average molecular weight is 353 g/mol. The van der Waals surface area contributed by atoms with Gasteiger partial charge in [0.05, 0.1) is 5.75 Å². The minimum atomic E-state index is -0.00754. The lowest BCUT2D eigenvalue weighted by Crippen LogP contribution is -2.27. The van der Waals surface area contributed by atoms with Crippen molar-refractivity contribution in [2.45, 2.75) is 11.6 Å². The van der Waals surface area contributed by atoms with Gasteiger partial charge in [0.15, 0.2) is 11.0 Å². The van der Waals surface area contributed by atoms with Crippen LogP contribution in [0.5, 0.6) is 0 Å². The molecule has 0 aliphatic carbocycles. The Morgan fingerprint density at radius 3 is 2.76 bits per heavy atom. The number of rotatable bonds is 7. The largest absolute Gasteiger partial charge is 0.355 e. The topological polar surface area (TPSA) is 72.7 Å². The second-order valence-electron chi connectivity index (χ2n) is 5.48. The zero-order chi connectivity index (χ0) is 17.5. The van der Waals surface area contributed by atoms with Gasteiger partial charge < -0.3 is 9.88 Å². The molecule has 128 valence electrons. The molecule has 1 amide bonds. The van der Waals surface area contributed by atoms with Crippen molar-refractivity contribution in [2.75, 3.05) is 12.3 Å². The Bertz CT molecular complexity index is 820. The molecule has 25 heavy (non-hydrogen) atoms. The molecule has 0 saturated heterocycles. The monoisotopic (exact) mass is 353 g/mol. The number of benzene rings is 1. The molecule has 3 aromatic rings. The molecule has 6 nitrogen and oxygen atoms in total. The van der Waals surface area contributed by atoms with Gasteiger partial charge in [-0.3, -0.25) is 9.78 Å². The van der Waals surface area contributed by atoms with E-state index in [0.717, 1.165) is 17.8 Å². The maximum absolute atomic E-state index is 12.0. The van der Waals surface area contributed by atoms with Crippen LogP contribution in [0.1, 0.15) is 5.56 Å². The normalized spacial score (nSPS) is 10.6. The number of amides is 1. The molecule has 0 saturated carbocycles. The van der Waals surface area contributed by atoms with E-state index in [-0.39, 0.29) is 5.91 Å². The fourth-order valence-electron chi connectivity index (χ4n) is 2.36. The molecule has 0 atom stereocenters. The lowest BCUT2D eigenvalue weighted by Gasteiger charge is -2.06. The molecule has 0 bridgehead atoms. The van der Waals surface area contributed by atoms with Crippen molar-refractivity contribution >= 4 is 17.7 Å². The summed E-state index contributed by atoms with van der Waals surface area (Å²) in [5, 5.41) is 12.0. The van der Waals surface area contributed by atoms with Crippen LogP contribution in [-0.2, 0) is 18.3 Å². The van der Waals surface area contributed by atoms with Crippen LogP contribution < -0.4 is 5.32 Å². The number of nitrogens with zero attached hydrogens (tertiary/aromatic N) is 4. The number of carbonyl (C=O) groups excluding carboxylic acids is 1. The summed E-state index contributed by atoms with van der Waals surface area (Å²) in [6.07, 6.45) is 4.29. The van der Waals surface area contributed by atoms with E-state index in [2.05, 4.69) is 32.6 Å². The Balaban J connectivity index is 1.48. The zero-order valence-electron chi connectivity index (χ0n) is 13.9. The molecule has 0 unspecified atom stereocenters. The Kier molecular flexibility index (Phi) is 5.79. The van der Waals surface area contributed by atoms with Gasteiger partial charge in [-0.25, -0.2) is 0 Å². The quantitative estimate of drug-likeness (QED) is 0.660. The number of pyridine rings is 1. The minimum absolute atomic E-state index is 0.00754. The third-order valence-electron chi connectivity index (χ3n) is 3.67. The van der Waals surface area contributed by atoms with Crippen molar-refractivity contribution < 1.29 is 4.79 Å². The Morgan fingerprint density at radius 2 is 2.00 bits per heavy atom. The smallest absolute Gasteiger partial charge is 0.230 e. The van der Waals surface area contributed by atoms with Crippen LogP contribution in [0.2, 0.25) is 0 Å². The van der Waals surface area contributed by atoms with Crippen molar-refractivity contribution in [3.05, 3.63) is 60.4 Å². The van der Waals surface area contributed by atoms with Crippen LogP contribution in [0, 0.1) is 0 Å². The molecule has 2 aromatic heterocycles. The molecule has 0 fully saturated rings. The van der Waals surface area contributed by atoms with E-state index in [1.54, 1.807) is 12.4 Å². The minimum Gasteiger partial charge on any atom is -0.355 e. The molecule has 7 heteroatoms. The molecule has 0 radical (unpaired) electrons. The van der Waals surface area contributed by atoms with Crippen molar-refractivity contribution in [3.63, 3.8) is 0 Å². The molecular weight excluding hydrogens is 334 g/mol. The molecule has 3 rings (SSSR count). The van der Waals surface area contributed by atoms with Crippen molar-refractivity contribution in [3.8, 4) is 11.4 Å². The highest BCUT2D eigenvalue weighted by molar-refractivity contribution is 7.99. The lowest BCUT2D eigenvalue weighted by molar-refractivity contribution is -0.118. The first kappa shape index (κ1) is 17.2. The first-order chi connectivity index (χ1) is 12.2. The first-order valence-electron chi connectivity index (χ1n) is 7.97. The Labute approximate surface area is 150 Å². The number of carbonyl (C=O) groups is 1. The zero-order valence-corrected chi connectivity index (χ0v) is 14.7. The fourth-order valence-corrected chi connectivity index (χ4v) is 3.10. The molecule has 1 N–H and O–H groups in total. The highest BCUT2D eigenvalue weighted by Crippen LogP contribution is 2.21. The van der Waals surface area contributed by atoms with Crippen molar-refractivity contribution in [1.29, 1.82) is 0 Å². The molecule has 0 aliphatic heterocycles. The summed E-state index contributed by atoms with van der Waals surface area (Å²) < 4.78 is 1.87. The average Bonchev–Trinajstić information content (AvgIpc) is 3.02. The van der Waals surface area contributed by atoms with Crippen molar-refractivity contribution in [2.24, 2.45) is 7.05 Å². The first-order valence-corrected chi connectivity index (χ1v) is 8.96. The van der Waals surface area contributed by atoms with Crippen LogP contribution in [0.3, 0.4) is 0 Å². The highest BCUT2D eigenvalue weighted by Gasteiger charge is 2.12. The van der Waals surface area contributed by atoms with Gasteiger partial charge in [0, 0.05) is 31.5 Å². The van der Waals surface area contributed by atoms with E-state index in [0.29, 0.717) is 17.5 Å². The molecule has 1 aromatic carbocycles. The van der Waals surface area contributed by atoms with Gasteiger partial charge in [-0.15, -0.1) is 10.2 Å². The van der Waals surface area contributed by atoms with E-state index >= 15 is 0 Å². The van der Waals surface area contributed by atoms with E-state index in [1.165, 1.54) is 17.3 Å². The molecule has 2 heterocycles. The van der Waals surface area contributed by atoms with Crippen LogP contribution in [0.25, 0.3) is 11.4 Å². The van der Waals surface area contributed by atoms with Crippen LogP contribution in [0.4, 0.5) is 0 Å². The van der Waals surface area contributed by atoms with E-state index < -0.39 is 0 Å². The standard InChI is InChI=1S/C18H19N5OS/c1-23-17(15-8-5-10-19-12-15)21-22-18(23)25-13-16(24)20-11-9-14-6-3-2-4-7-14/h2-8,10,12H,9,11,13H2,1H3,(H,20,24). The molecular formula is C18H19N5OS. The summed E-state index contributed by atoms with van der Waals surface area (Å²) in [6, 6.07) is 13.9. The number of aromatic nitrogens is 4. The van der Waals surface area contributed by atoms with Gasteiger partial charge >= 0.3 is 0 Å². The van der Waals surface area contributed by atoms with E-state index in [4.69, 9.17) is 0 Å². The predicted octanol–water partition coefficient (Wildman–Crippen LogP) is 2.33. The van der Waals surface area contributed by atoms with Gasteiger partial charge in [0.1, 0.15) is 0 Å². The molecule has 0 spiro atoms. The van der Waals surface area contributed by atoms with Gasteiger partial charge in [-0.05, 0) is 24.1 Å². The fraction of sp³-hybridized carbons (Fsp3) is 0.222. The van der Waals surface area contributed by atoms with Crippen LogP contribution in [0.15, 0.2) is 60.0 Å². The summed E-state index contributed by atoms with van der Waals surface area (Å²) in [4.78, 5) is 16.1. The van der Waals surface area contributed by atoms with Crippen LogP contribution in [-0.4, -0.2) is 38.0 Å². The van der Waals surface area contributed by atoms with E-state index in [1.807, 2.05) is 41.9 Å². The third kappa shape index (κ3) is 4.67. The summed E-state index contributed by atoms with van der Waals surface area (Å²) in [5.41, 5.74) is 2.11. The SMILES string of the molecule is Cn1c(SCC(=O)NCCc2ccccc2)nnc1-c1cccnc1. The summed E-state index contributed by atoms with van der Waals surface area (Å²) in [7, 11) is 1.89. The number of hydrogen-bond donors (Lipinski definition) is 1. The molecule has 0 aliphatic rings. The number of hydrogen-bond acceptors (Lipinski definition) is 5. The summed E-state index contributed by atoms with van der Waals surface area (Å²) in [5.74, 6) is 1.04. The van der Waals surface area contributed by atoms with E-state index in [9.17, 15) is 4.79 Å². The lowest BCUT2D eigenvalue weighted by atomic mass is 10.1. The van der Waals surface area contributed by atoms with Crippen molar-refractivity contribution in [1.82, 2.24) is 25.1 Å².